The Labute approximate surface area is 130 Å². The Kier molecular flexibility index (Phi) is 9.44. The SMILES string of the molecule is CCCCCCC1C=CC(OCC(O)CNC(C)C)=CC1. The van der Waals surface area contributed by atoms with Crippen molar-refractivity contribution >= 4 is 0 Å². The number of hydrogen-bond donors (Lipinski definition) is 2. The smallest absolute Gasteiger partial charge is 0.115 e. The second-order valence-corrected chi connectivity index (χ2v) is 6.34. The first-order valence-corrected chi connectivity index (χ1v) is 8.54. The Hall–Kier alpha value is -0.800. The van der Waals surface area contributed by atoms with E-state index in [2.05, 4.69) is 44.3 Å². The summed E-state index contributed by atoms with van der Waals surface area (Å²) in [6.07, 6.45) is 13.7. The highest BCUT2D eigenvalue weighted by Crippen LogP contribution is 2.22. The molecule has 0 heterocycles. The average Bonchev–Trinajstić information content (AvgIpc) is 2.48. The maximum absolute atomic E-state index is 9.81. The van der Waals surface area contributed by atoms with E-state index in [1.807, 2.05) is 0 Å². The van der Waals surface area contributed by atoms with Gasteiger partial charge in [-0.2, -0.15) is 0 Å². The molecule has 2 N–H and O–H groups in total. The minimum Gasteiger partial charge on any atom is -0.491 e. The molecular formula is C18H33NO2. The third-order valence-corrected chi connectivity index (χ3v) is 3.79. The molecule has 0 amide bonds. The van der Waals surface area contributed by atoms with E-state index < -0.39 is 6.10 Å². The Morgan fingerprint density at radius 2 is 2.14 bits per heavy atom. The predicted octanol–water partition coefficient (Wildman–Crippen LogP) is 3.79. The van der Waals surface area contributed by atoms with Crippen LogP contribution in [0.4, 0.5) is 0 Å². The van der Waals surface area contributed by atoms with Gasteiger partial charge in [0, 0.05) is 12.6 Å². The molecule has 0 aromatic rings. The third-order valence-electron chi connectivity index (χ3n) is 3.79. The number of aliphatic hydroxyl groups excluding tert-OH is 1. The summed E-state index contributed by atoms with van der Waals surface area (Å²) in [6, 6.07) is 0.391. The van der Waals surface area contributed by atoms with Crippen molar-refractivity contribution in [3.8, 4) is 0 Å². The largest absolute Gasteiger partial charge is 0.491 e. The van der Waals surface area contributed by atoms with Crippen LogP contribution in [0.25, 0.3) is 0 Å². The van der Waals surface area contributed by atoms with Crippen molar-refractivity contribution < 1.29 is 9.84 Å². The Bertz CT molecular complexity index is 323. The Balaban J connectivity index is 2.13. The van der Waals surface area contributed by atoms with Gasteiger partial charge in [-0.25, -0.2) is 0 Å². The Morgan fingerprint density at radius 3 is 2.76 bits per heavy atom. The van der Waals surface area contributed by atoms with E-state index in [1.54, 1.807) is 0 Å². The molecule has 21 heavy (non-hydrogen) atoms. The second-order valence-electron chi connectivity index (χ2n) is 6.34. The summed E-state index contributed by atoms with van der Waals surface area (Å²) in [5, 5.41) is 13.0. The number of allylic oxidation sites excluding steroid dienone is 3. The van der Waals surface area contributed by atoms with Gasteiger partial charge in [-0.15, -0.1) is 0 Å². The standard InChI is InChI=1S/C18H33NO2/c1-4-5-6-7-8-16-9-11-18(12-10-16)21-14-17(20)13-19-15(2)3/h9,11-12,15-17,19-20H,4-8,10,13-14H2,1-3H3. The second kappa shape index (κ2) is 10.9. The predicted molar refractivity (Wildman–Crippen MR) is 89.2 cm³/mol. The van der Waals surface area contributed by atoms with Crippen LogP contribution in [-0.2, 0) is 4.74 Å². The number of hydrogen-bond acceptors (Lipinski definition) is 3. The molecule has 2 atom stereocenters. The van der Waals surface area contributed by atoms with Crippen LogP contribution in [0.5, 0.6) is 0 Å². The molecule has 0 saturated heterocycles. The van der Waals surface area contributed by atoms with Crippen molar-refractivity contribution in [2.24, 2.45) is 5.92 Å². The van der Waals surface area contributed by atoms with Crippen LogP contribution in [-0.4, -0.2) is 30.4 Å². The summed E-state index contributed by atoms with van der Waals surface area (Å²) in [6.45, 7) is 7.32. The van der Waals surface area contributed by atoms with E-state index in [-0.39, 0.29) is 0 Å². The molecule has 3 nitrogen and oxygen atoms in total. The highest BCUT2D eigenvalue weighted by Gasteiger charge is 2.11. The van der Waals surface area contributed by atoms with Crippen LogP contribution >= 0.6 is 0 Å². The summed E-state index contributed by atoms with van der Waals surface area (Å²) in [5.41, 5.74) is 0. The van der Waals surface area contributed by atoms with Gasteiger partial charge in [0.1, 0.15) is 18.5 Å². The molecule has 0 aromatic heterocycles. The fourth-order valence-corrected chi connectivity index (χ4v) is 2.42. The van der Waals surface area contributed by atoms with Crippen molar-refractivity contribution in [2.75, 3.05) is 13.2 Å². The zero-order chi connectivity index (χ0) is 15.5. The van der Waals surface area contributed by atoms with Gasteiger partial charge in [0.25, 0.3) is 0 Å². The van der Waals surface area contributed by atoms with Gasteiger partial charge in [0.15, 0.2) is 0 Å². The fourth-order valence-electron chi connectivity index (χ4n) is 2.42. The molecule has 0 radical (unpaired) electrons. The molecule has 2 unspecified atom stereocenters. The quantitative estimate of drug-likeness (QED) is 0.570. The average molecular weight is 295 g/mol. The lowest BCUT2D eigenvalue weighted by Crippen LogP contribution is -2.34. The first-order chi connectivity index (χ1) is 10.1. The van der Waals surface area contributed by atoms with Gasteiger partial charge in [-0.05, 0) is 30.9 Å². The zero-order valence-electron chi connectivity index (χ0n) is 14.0. The van der Waals surface area contributed by atoms with E-state index in [4.69, 9.17) is 4.74 Å². The van der Waals surface area contributed by atoms with Crippen molar-refractivity contribution in [1.82, 2.24) is 5.32 Å². The molecule has 0 aromatic carbocycles. The zero-order valence-corrected chi connectivity index (χ0v) is 14.0. The van der Waals surface area contributed by atoms with E-state index in [0.29, 0.717) is 25.1 Å². The van der Waals surface area contributed by atoms with Crippen molar-refractivity contribution in [3.05, 3.63) is 24.0 Å². The van der Waals surface area contributed by atoms with Gasteiger partial charge >= 0.3 is 0 Å². The molecule has 3 heteroatoms. The first kappa shape index (κ1) is 18.2. The van der Waals surface area contributed by atoms with Gasteiger partial charge in [-0.1, -0.05) is 52.5 Å². The number of nitrogens with one attached hydrogen (secondary N) is 1. The number of rotatable bonds is 11. The third kappa shape index (κ3) is 8.94. The van der Waals surface area contributed by atoms with Gasteiger partial charge in [-0.3, -0.25) is 0 Å². The van der Waals surface area contributed by atoms with Crippen LogP contribution in [0, 0.1) is 5.92 Å². The van der Waals surface area contributed by atoms with Crippen LogP contribution in [0.2, 0.25) is 0 Å². The first-order valence-electron chi connectivity index (χ1n) is 8.54. The van der Waals surface area contributed by atoms with Crippen LogP contribution < -0.4 is 5.32 Å². The molecule has 0 bridgehead atoms. The minimum absolute atomic E-state index is 0.358. The molecule has 0 saturated carbocycles. The molecule has 0 spiro atoms. The lowest BCUT2D eigenvalue weighted by Gasteiger charge is -2.19. The topological polar surface area (TPSA) is 41.5 Å². The van der Waals surface area contributed by atoms with E-state index in [9.17, 15) is 5.11 Å². The maximum Gasteiger partial charge on any atom is 0.115 e. The summed E-state index contributed by atoms with van der Waals surface area (Å²) in [5.74, 6) is 1.57. The van der Waals surface area contributed by atoms with E-state index in [1.165, 1.54) is 32.1 Å². The fraction of sp³-hybridized carbons (Fsp3) is 0.778. The molecule has 1 aliphatic carbocycles. The monoisotopic (exact) mass is 295 g/mol. The Morgan fingerprint density at radius 1 is 1.33 bits per heavy atom. The maximum atomic E-state index is 9.81. The summed E-state index contributed by atoms with van der Waals surface area (Å²) < 4.78 is 5.65. The molecule has 0 fully saturated rings. The highest BCUT2D eigenvalue weighted by molar-refractivity contribution is 5.18. The van der Waals surface area contributed by atoms with Crippen LogP contribution in [0.1, 0.15) is 59.3 Å². The van der Waals surface area contributed by atoms with Crippen LogP contribution in [0.3, 0.4) is 0 Å². The molecule has 0 aliphatic heterocycles. The summed E-state index contributed by atoms with van der Waals surface area (Å²) in [7, 11) is 0. The van der Waals surface area contributed by atoms with Gasteiger partial charge in [0.05, 0.1) is 0 Å². The molecular weight excluding hydrogens is 262 g/mol. The lowest BCUT2D eigenvalue weighted by atomic mass is 9.94. The van der Waals surface area contributed by atoms with Crippen molar-refractivity contribution in [2.45, 2.75) is 71.4 Å². The van der Waals surface area contributed by atoms with Gasteiger partial charge < -0.3 is 15.2 Å². The molecule has 1 rings (SSSR count). The van der Waals surface area contributed by atoms with E-state index in [0.717, 1.165) is 12.2 Å². The number of ether oxygens (including phenoxy) is 1. The van der Waals surface area contributed by atoms with Crippen molar-refractivity contribution in [1.29, 1.82) is 0 Å². The minimum atomic E-state index is -0.450. The van der Waals surface area contributed by atoms with E-state index >= 15 is 0 Å². The van der Waals surface area contributed by atoms with Gasteiger partial charge in [0.2, 0.25) is 0 Å². The highest BCUT2D eigenvalue weighted by atomic mass is 16.5. The normalized spacial score (nSPS) is 19.7. The molecule has 1 aliphatic rings. The lowest BCUT2D eigenvalue weighted by molar-refractivity contribution is 0.0732. The number of unbranched alkanes of at least 4 members (excludes halogenated alkanes) is 3. The number of aliphatic hydroxyl groups is 1. The summed E-state index contributed by atoms with van der Waals surface area (Å²) in [4.78, 5) is 0. The summed E-state index contributed by atoms with van der Waals surface area (Å²) >= 11 is 0. The molecule has 122 valence electrons. The van der Waals surface area contributed by atoms with Crippen molar-refractivity contribution in [3.63, 3.8) is 0 Å². The van der Waals surface area contributed by atoms with Crippen LogP contribution in [0.15, 0.2) is 24.0 Å².